The average molecular weight is 1330 g/mol. The molecule has 0 aromatic heterocycles. The standard InChI is InChI=1S/C85H157N2O6P/c1-6-8-10-12-14-16-18-20-22-24-26-28-30-32-34-36-38-39-40-41-42-43-44-45-46-47-49-51-53-55-57-59-61-63-65-67-69-71-73-75-77-79-85(89)86-83(82-93-94(90,91)92-81-80-87(3,4)5)84(88)78-76-74-72-70-68-66-64-62-60-58-56-54-52-50-48-37-35-33-31-29-27-25-23-21-19-17-15-13-11-9-7-2/h8,10,14,16,20,22,26,28,32,34,38-39,41-42,76,78,83-84,88H,6-7,9,11-13,15,17-19,21,23-25,27,29-31,33,35-37,40,43-75,77,79-82H2,1-5H3,(H-,86,89,90,91)/b10-8-,16-14-,22-20-,28-26-,34-32-,39-38-,42-41-,78-76+. The van der Waals surface area contributed by atoms with Crippen molar-refractivity contribution in [2.45, 2.75) is 398 Å². The van der Waals surface area contributed by atoms with E-state index < -0.39 is 20.0 Å². The van der Waals surface area contributed by atoms with Gasteiger partial charge in [-0.15, -0.1) is 0 Å². The summed E-state index contributed by atoms with van der Waals surface area (Å²) in [6.07, 6.45) is 109. The number of carbonyl (C=O) groups is 1. The molecule has 0 spiro atoms. The molecule has 0 aliphatic heterocycles. The Hall–Kier alpha value is -2.58. The van der Waals surface area contributed by atoms with Crippen LogP contribution >= 0.6 is 7.82 Å². The number of quaternary nitrogens is 1. The van der Waals surface area contributed by atoms with Crippen molar-refractivity contribution in [3.05, 3.63) is 97.2 Å². The molecule has 8 nitrogen and oxygen atoms in total. The second kappa shape index (κ2) is 74.6. The highest BCUT2D eigenvalue weighted by Crippen LogP contribution is 2.38. The molecule has 0 saturated carbocycles. The van der Waals surface area contributed by atoms with E-state index in [9.17, 15) is 19.4 Å². The van der Waals surface area contributed by atoms with Crippen molar-refractivity contribution in [3.8, 4) is 0 Å². The number of likely N-dealkylation sites (N-methyl/N-ethyl adjacent to an activating group) is 1. The summed E-state index contributed by atoms with van der Waals surface area (Å²) in [7, 11) is 1.27. The maximum Gasteiger partial charge on any atom is 0.268 e. The van der Waals surface area contributed by atoms with Gasteiger partial charge in [0.15, 0.2) is 0 Å². The van der Waals surface area contributed by atoms with Crippen LogP contribution in [0.5, 0.6) is 0 Å². The van der Waals surface area contributed by atoms with Gasteiger partial charge < -0.3 is 28.8 Å². The minimum absolute atomic E-state index is 0.00160. The van der Waals surface area contributed by atoms with Gasteiger partial charge in [0.2, 0.25) is 5.91 Å². The SMILES string of the molecule is CC/C=C\C/C=C\C/C=C\C/C=C\C/C=C\C/C=C\C/C=C\CCCCCCCCCCCCCCCCCCCCCC(=O)NC(COP(=O)([O-])OCC[N+](C)(C)C)C(O)/C=C/CCCCCCCCCCCCCCCCCCCCCCCCCCCCCCC. The fourth-order valence-electron chi connectivity index (χ4n) is 12.1. The first kappa shape index (κ1) is 91.4. The molecule has 9 heteroatoms. The Kier molecular flexibility index (Phi) is 72.6. The van der Waals surface area contributed by atoms with Crippen LogP contribution in [0.2, 0.25) is 0 Å². The van der Waals surface area contributed by atoms with Gasteiger partial charge in [-0.3, -0.25) is 9.36 Å². The number of phosphoric acid groups is 1. The van der Waals surface area contributed by atoms with Gasteiger partial charge in [0, 0.05) is 6.42 Å². The number of phosphoric ester groups is 1. The molecule has 0 radical (unpaired) electrons. The van der Waals surface area contributed by atoms with E-state index in [-0.39, 0.29) is 19.1 Å². The summed E-state index contributed by atoms with van der Waals surface area (Å²) < 4.78 is 23.5. The summed E-state index contributed by atoms with van der Waals surface area (Å²) in [5.41, 5.74) is 0. The van der Waals surface area contributed by atoms with Gasteiger partial charge in [0.05, 0.1) is 39.9 Å². The molecule has 0 heterocycles. The Bertz CT molecular complexity index is 1860. The van der Waals surface area contributed by atoms with Crippen molar-refractivity contribution < 1.29 is 32.9 Å². The molecule has 94 heavy (non-hydrogen) atoms. The van der Waals surface area contributed by atoms with Gasteiger partial charge >= 0.3 is 0 Å². The van der Waals surface area contributed by atoms with Crippen LogP contribution in [0.3, 0.4) is 0 Å². The minimum Gasteiger partial charge on any atom is -0.756 e. The van der Waals surface area contributed by atoms with Gasteiger partial charge in [-0.2, -0.15) is 0 Å². The monoisotopic (exact) mass is 1330 g/mol. The zero-order valence-electron chi connectivity index (χ0n) is 62.9. The number of aliphatic hydroxyl groups excluding tert-OH is 1. The van der Waals surface area contributed by atoms with Gasteiger partial charge in [0.1, 0.15) is 13.2 Å². The Morgan fingerprint density at radius 1 is 0.383 bits per heavy atom. The number of nitrogens with zero attached hydrogens (tertiary/aromatic N) is 1. The molecule has 548 valence electrons. The van der Waals surface area contributed by atoms with Crippen LogP contribution in [-0.4, -0.2) is 68.5 Å². The first-order valence-corrected chi connectivity index (χ1v) is 42.1. The van der Waals surface area contributed by atoms with Crippen molar-refractivity contribution in [2.75, 3.05) is 40.9 Å². The lowest BCUT2D eigenvalue weighted by Crippen LogP contribution is -2.45. The minimum atomic E-state index is -4.61. The zero-order valence-corrected chi connectivity index (χ0v) is 63.8. The summed E-state index contributed by atoms with van der Waals surface area (Å²) in [5, 5.41) is 14.0. The number of hydrogen-bond acceptors (Lipinski definition) is 6. The molecule has 3 unspecified atom stereocenters. The summed E-state index contributed by atoms with van der Waals surface area (Å²) in [5.74, 6) is -0.192. The van der Waals surface area contributed by atoms with Gasteiger partial charge in [-0.25, -0.2) is 0 Å². The van der Waals surface area contributed by atoms with Crippen LogP contribution < -0.4 is 10.2 Å². The molecule has 0 rings (SSSR count). The van der Waals surface area contributed by atoms with Crippen molar-refractivity contribution in [1.29, 1.82) is 0 Å². The second-order valence-electron chi connectivity index (χ2n) is 28.7. The molecular weight excluding hydrogens is 1180 g/mol. The maximum atomic E-state index is 13.1. The molecule has 0 aromatic rings. The molecule has 0 bridgehead atoms. The topological polar surface area (TPSA) is 108 Å². The number of aliphatic hydroxyl groups is 1. The second-order valence-corrected chi connectivity index (χ2v) is 30.2. The largest absolute Gasteiger partial charge is 0.756 e. The van der Waals surface area contributed by atoms with E-state index in [1.54, 1.807) is 6.08 Å². The predicted octanol–water partition coefficient (Wildman–Crippen LogP) is 26.2. The number of allylic oxidation sites excluding steroid dienone is 15. The van der Waals surface area contributed by atoms with Crippen molar-refractivity contribution in [2.24, 2.45) is 0 Å². The molecule has 3 atom stereocenters. The third kappa shape index (κ3) is 76.8. The molecule has 0 aromatic carbocycles. The van der Waals surface area contributed by atoms with Crippen LogP contribution in [-0.2, 0) is 18.4 Å². The lowest BCUT2D eigenvalue weighted by Gasteiger charge is -2.29. The summed E-state index contributed by atoms with van der Waals surface area (Å²) >= 11 is 0. The normalized spacial score (nSPS) is 14.0. The van der Waals surface area contributed by atoms with E-state index in [4.69, 9.17) is 9.05 Å². The van der Waals surface area contributed by atoms with Gasteiger partial charge in [0.25, 0.3) is 7.82 Å². The van der Waals surface area contributed by atoms with Gasteiger partial charge in [-0.05, 0) is 77.0 Å². The Morgan fingerprint density at radius 3 is 0.947 bits per heavy atom. The predicted molar refractivity (Wildman–Crippen MR) is 413 cm³/mol. The van der Waals surface area contributed by atoms with E-state index in [1.165, 1.54) is 283 Å². The Labute approximate surface area is 585 Å². The van der Waals surface area contributed by atoms with E-state index in [0.717, 1.165) is 83.5 Å². The van der Waals surface area contributed by atoms with E-state index in [2.05, 4.69) is 104 Å². The number of hydrogen-bond donors (Lipinski definition) is 2. The highest BCUT2D eigenvalue weighted by Gasteiger charge is 2.23. The zero-order chi connectivity index (χ0) is 68.3. The van der Waals surface area contributed by atoms with Crippen molar-refractivity contribution >= 4 is 13.7 Å². The summed E-state index contributed by atoms with van der Waals surface area (Å²) in [6, 6.07) is -0.892. The summed E-state index contributed by atoms with van der Waals surface area (Å²) in [4.78, 5) is 25.7. The smallest absolute Gasteiger partial charge is 0.268 e. The van der Waals surface area contributed by atoms with Crippen LogP contribution in [0.4, 0.5) is 0 Å². The Morgan fingerprint density at radius 2 is 0.649 bits per heavy atom. The highest BCUT2D eigenvalue weighted by atomic mass is 31.2. The van der Waals surface area contributed by atoms with Crippen LogP contribution in [0, 0.1) is 0 Å². The third-order valence-electron chi connectivity index (χ3n) is 18.3. The fourth-order valence-corrected chi connectivity index (χ4v) is 12.8. The van der Waals surface area contributed by atoms with Crippen LogP contribution in [0.1, 0.15) is 386 Å². The van der Waals surface area contributed by atoms with E-state index in [1.807, 2.05) is 27.2 Å². The first-order valence-electron chi connectivity index (χ1n) is 40.6. The van der Waals surface area contributed by atoms with E-state index in [0.29, 0.717) is 17.4 Å². The molecule has 0 aliphatic rings. The number of rotatable bonds is 75. The number of nitrogens with one attached hydrogen (secondary N) is 1. The molecule has 0 aliphatic carbocycles. The van der Waals surface area contributed by atoms with Crippen molar-refractivity contribution in [3.63, 3.8) is 0 Å². The average Bonchev–Trinajstić information content (AvgIpc) is 1.77. The van der Waals surface area contributed by atoms with Crippen LogP contribution in [0.15, 0.2) is 97.2 Å². The van der Waals surface area contributed by atoms with Crippen LogP contribution in [0.25, 0.3) is 0 Å². The lowest BCUT2D eigenvalue weighted by molar-refractivity contribution is -0.870. The third-order valence-corrected chi connectivity index (χ3v) is 19.3. The molecule has 0 saturated heterocycles. The molecule has 1 amide bonds. The molecular formula is C85H157N2O6P. The molecule has 2 N–H and O–H groups in total. The number of carbonyl (C=O) groups excluding carboxylic acids is 1. The number of unbranched alkanes of at least 4 members (excludes halogenated alkanes) is 48. The lowest BCUT2D eigenvalue weighted by atomic mass is 10.0. The van der Waals surface area contributed by atoms with Crippen molar-refractivity contribution in [1.82, 2.24) is 5.32 Å². The fraction of sp³-hybridized carbons (Fsp3) is 0.800. The maximum absolute atomic E-state index is 13.1. The van der Waals surface area contributed by atoms with Gasteiger partial charge in [-0.1, -0.05) is 400 Å². The Balaban J connectivity index is 3.97. The molecule has 0 fully saturated rings. The highest BCUT2D eigenvalue weighted by molar-refractivity contribution is 7.45. The number of amides is 1. The summed E-state index contributed by atoms with van der Waals surface area (Å²) in [6.45, 7) is 4.58. The first-order chi connectivity index (χ1) is 46.0. The quantitative estimate of drug-likeness (QED) is 0.0272. The van der Waals surface area contributed by atoms with E-state index >= 15 is 0 Å².